The van der Waals surface area contributed by atoms with Gasteiger partial charge in [-0.15, -0.1) is 0 Å². The Bertz CT molecular complexity index is 589. The van der Waals surface area contributed by atoms with E-state index >= 15 is 0 Å². The van der Waals surface area contributed by atoms with Crippen molar-refractivity contribution < 1.29 is 30.4 Å². The summed E-state index contributed by atoms with van der Waals surface area (Å²) in [7, 11) is 4.07. The molecule has 2 aromatic carbocycles. The van der Waals surface area contributed by atoms with E-state index in [2.05, 4.69) is 34.9 Å². The van der Waals surface area contributed by atoms with Gasteiger partial charge in [-0.3, -0.25) is 0 Å². The Labute approximate surface area is 147 Å². The number of hydrogen-bond donors (Lipinski definition) is 2. The number of carbonyl (C=O) groups excluding carboxylic acids is 2. The lowest BCUT2D eigenvalue weighted by Crippen LogP contribution is -2.72. The summed E-state index contributed by atoms with van der Waals surface area (Å²) in [6.45, 7) is 0. The van der Waals surface area contributed by atoms with Crippen molar-refractivity contribution >= 4 is 23.3 Å². The SMILES string of the molecule is C[NH2+]c1ccccc1.C[NH2+]c1ccccc1.O=C([O-])C=CCC(=O)[O-]. The highest BCUT2D eigenvalue weighted by atomic mass is 16.4. The highest BCUT2D eigenvalue weighted by Gasteiger charge is 1.84. The molecule has 0 aromatic heterocycles. The van der Waals surface area contributed by atoms with Gasteiger partial charge < -0.3 is 30.4 Å². The lowest BCUT2D eigenvalue weighted by molar-refractivity contribution is -0.539. The summed E-state index contributed by atoms with van der Waals surface area (Å²) in [5, 5.41) is 23.3. The van der Waals surface area contributed by atoms with Crippen molar-refractivity contribution in [1.82, 2.24) is 0 Å². The second kappa shape index (κ2) is 14.6. The van der Waals surface area contributed by atoms with E-state index < -0.39 is 18.4 Å². The Balaban J connectivity index is 0.000000346. The first kappa shape index (κ1) is 22.0. The molecular weight excluding hydrogens is 320 g/mol. The van der Waals surface area contributed by atoms with Crippen molar-refractivity contribution in [3.8, 4) is 0 Å². The van der Waals surface area contributed by atoms with E-state index in [-0.39, 0.29) is 0 Å². The Morgan fingerprint density at radius 3 is 1.48 bits per heavy atom. The molecule has 0 aliphatic carbocycles. The zero-order valence-corrected chi connectivity index (χ0v) is 14.4. The molecule has 0 bridgehead atoms. The summed E-state index contributed by atoms with van der Waals surface area (Å²) in [6, 6.07) is 20.5. The maximum absolute atomic E-state index is 9.61. The van der Waals surface area contributed by atoms with Gasteiger partial charge in [-0.05, 0) is 30.3 Å². The van der Waals surface area contributed by atoms with E-state index in [4.69, 9.17) is 0 Å². The van der Waals surface area contributed by atoms with E-state index in [1.165, 1.54) is 11.4 Å². The van der Waals surface area contributed by atoms with E-state index in [1.54, 1.807) is 0 Å². The van der Waals surface area contributed by atoms with Gasteiger partial charge in [-0.1, -0.05) is 42.5 Å². The minimum Gasteiger partial charge on any atom is -0.550 e. The predicted molar refractivity (Wildman–Crippen MR) is 91.7 cm³/mol. The van der Waals surface area contributed by atoms with Crippen molar-refractivity contribution in [2.45, 2.75) is 6.42 Å². The van der Waals surface area contributed by atoms with Crippen LogP contribution in [0.1, 0.15) is 6.42 Å². The third kappa shape index (κ3) is 14.4. The summed E-state index contributed by atoms with van der Waals surface area (Å²) in [6.07, 6.45) is 1.20. The van der Waals surface area contributed by atoms with Gasteiger partial charge in [0.2, 0.25) is 0 Å². The van der Waals surface area contributed by atoms with Gasteiger partial charge in [0.25, 0.3) is 0 Å². The second-order valence-corrected chi connectivity index (χ2v) is 4.70. The molecule has 0 aliphatic rings. The predicted octanol–water partition coefficient (Wildman–Crippen LogP) is -1.54. The van der Waals surface area contributed by atoms with Crippen molar-refractivity contribution in [3.05, 3.63) is 72.8 Å². The van der Waals surface area contributed by atoms with Crippen LogP contribution in [0.25, 0.3) is 0 Å². The minimum atomic E-state index is -1.41. The number of nitrogens with two attached hydrogens (primary N) is 2. The molecule has 2 aromatic rings. The quantitative estimate of drug-likeness (QED) is 0.505. The number of hydrogen-bond acceptors (Lipinski definition) is 4. The molecule has 0 atom stereocenters. The van der Waals surface area contributed by atoms with Gasteiger partial charge >= 0.3 is 0 Å². The topological polar surface area (TPSA) is 113 Å². The molecule has 0 heterocycles. The molecule has 2 rings (SSSR count). The fourth-order valence-electron chi connectivity index (χ4n) is 1.54. The largest absolute Gasteiger partial charge is 0.550 e. The summed E-state index contributed by atoms with van der Waals surface area (Å²) < 4.78 is 0. The number of benzene rings is 2. The van der Waals surface area contributed by atoms with Crippen LogP contribution >= 0.6 is 0 Å². The maximum Gasteiger partial charge on any atom is 0.129 e. The summed E-state index contributed by atoms with van der Waals surface area (Å²) >= 11 is 0. The summed E-state index contributed by atoms with van der Waals surface area (Å²) in [5.74, 6) is -2.72. The standard InChI is InChI=1S/2C7H9N.C5H6O4/c2*1-8-7-5-3-2-4-6-7;6-4(7)2-1-3-5(8)9/h2*2-6,8H,1H3;1-2H,3H2,(H,6,7)(H,8,9). The number of carbonyl (C=O) groups is 2. The molecule has 6 heteroatoms. The average Bonchev–Trinajstić information content (AvgIpc) is 2.63. The second-order valence-electron chi connectivity index (χ2n) is 4.70. The molecular formula is C19H24N2O4. The number of carboxylic acids is 2. The molecule has 0 unspecified atom stereocenters. The molecule has 0 fully saturated rings. The molecule has 0 amide bonds. The molecule has 0 aliphatic heterocycles. The molecule has 0 spiro atoms. The van der Waals surface area contributed by atoms with Gasteiger partial charge in [0, 0.05) is 12.4 Å². The monoisotopic (exact) mass is 344 g/mol. The van der Waals surface area contributed by atoms with Crippen molar-refractivity contribution in [1.29, 1.82) is 0 Å². The van der Waals surface area contributed by atoms with Crippen LogP contribution in [0.15, 0.2) is 72.8 Å². The van der Waals surface area contributed by atoms with Gasteiger partial charge in [-0.25, -0.2) is 0 Å². The first-order chi connectivity index (χ1) is 12.0. The Morgan fingerprint density at radius 2 is 1.24 bits per heavy atom. The van der Waals surface area contributed by atoms with Crippen molar-refractivity contribution in [2.75, 3.05) is 14.1 Å². The number of rotatable bonds is 5. The van der Waals surface area contributed by atoms with Gasteiger partial charge in [0.1, 0.15) is 11.4 Å². The van der Waals surface area contributed by atoms with Gasteiger partial charge in [-0.2, -0.15) is 0 Å². The molecule has 4 N–H and O–H groups in total. The van der Waals surface area contributed by atoms with Crippen LogP contribution in [0, 0.1) is 0 Å². The van der Waals surface area contributed by atoms with Crippen LogP contribution in [0.2, 0.25) is 0 Å². The highest BCUT2D eigenvalue weighted by Crippen LogP contribution is 1.95. The third-order valence-electron chi connectivity index (χ3n) is 2.80. The van der Waals surface area contributed by atoms with Crippen LogP contribution in [0.5, 0.6) is 0 Å². The fraction of sp³-hybridized carbons (Fsp3) is 0.158. The smallest absolute Gasteiger partial charge is 0.129 e. The lowest BCUT2D eigenvalue weighted by atomic mass is 10.3. The fourth-order valence-corrected chi connectivity index (χ4v) is 1.54. The molecule has 134 valence electrons. The van der Waals surface area contributed by atoms with E-state index in [0.29, 0.717) is 6.08 Å². The van der Waals surface area contributed by atoms with Crippen molar-refractivity contribution in [2.24, 2.45) is 0 Å². The molecule has 0 radical (unpaired) electrons. The minimum absolute atomic E-state index is 0.395. The maximum atomic E-state index is 9.61. The zero-order valence-electron chi connectivity index (χ0n) is 14.4. The first-order valence-electron chi connectivity index (χ1n) is 7.75. The van der Waals surface area contributed by atoms with Crippen LogP contribution in [-0.4, -0.2) is 26.0 Å². The van der Waals surface area contributed by atoms with Crippen LogP contribution in [0.3, 0.4) is 0 Å². The molecule has 6 nitrogen and oxygen atoms in total. The summed E-state index contributed by atoms with van der Waals surface area (Å²) in [5.41, 5.74) is 2.57. The van der Waals surface area contributed by atoms with E-state index in [1.807, 2.05) is 50.5 Å². The molecule has 0 saturated carbocycles. The van der Waals surface area contributed by atoms with E-state index in [9.17, 15) is 19.8 Å². The van der Waals surface area contributed by atoms with Crippen LogP contribution in [0.4, 0.5) is 11.4 Å². The average molecular weight is 344 g/mol. The molecule has 25 heavy (non-hydrogen) atoms. The Morgan fingerprint density at radius 1 is 0.840 bits per heavy atom. The Kier molecular flexibility index (Phi) is 12.9. The van der Waals surface area contributed by atoms with Gasteiger partial charge in [0.15, 0.2) is 0 Å². The van der Waals surface area contributed by atoms with Crippen LogP contribution in [-0.2, 0) is 9.59 Å². The third-order valence-corrected chi connectivity index (χ3v) is 2.80. The van der Waals surface area contributed by atoms with E-state index in [0.717, 1.165) is 6.08 Å². The zero-order chi connectivity index (χ0) is 18.9. The lowest BCUT2D eigenvalue weighted by Gasteiger charge is -1.93. The highest BCUT2D eigenvalue weighted by molar-refractivity contribution is 5.78. The van der Waals surface area contributed by atoms with Crippen LogP contribution < -0.4 is 20.8 Å². The Hall–Kier alpha value is -2.96. The van der Waals surface area contributed by atoms with Gasteiger partial charge in [0.05, 0.1) is 20.1 Å². The molecule has 0 saturated heterocycles. The number of aliphatic carboxylic acids is 2. The number of carboxylic acid groups (broad SMARTS) is 2. The number of para-hydroxylation sites is 2. The van der Waals surface area contributed by atoms with Crippen molar-refractivity contribution in [3.63, 3.8) is 0 Å². The normalized spacial score (nSPS) is 9.36. The number of quaternary nitrogens is 2. The first-order valence-corrected chi connectivity index (χ1v) is 7.75. The summed E-state index contributed by atoms with van der Waals surface area (Å²) in [4.78, 5) is 19.2.